The van der Waals surface area contributed by atoms with Gasteiger partial charge in [0.05, 0.1) is 17.4 Å². The van der Waals surface area contributed by atoms with Gasteiger partial charge >= 0.3 is 0 Å². The van der Waals surface area contributed by atoms with Crippen molar-refractivity contribution in [2.24, 2.45) is 5.84 Å². The number of aliphatic hydroxyl groups excluding tert-OH is 1. The van der Waals surface area contributed by atoms with Crippen molar-refractivity contribution in [2.75, 3.05) is 32.6 Å². The minimum absolute atomic E-state index is 0.0212. The molecule has 1 aliphatic heterocycles. The van der Waals surface area contributed by atoms with Gasteiger partial charge in [-0.1, -0.05) is 11.6 Å². The molecule has 0 aliphatic carbocycles. The highest BCUT2D eigenvalue weighted by Crippen LogP contribution is 2.26. The van der Waals surface area contributed by atoms with Gasteiger partial charge in [0.15, 0.2) is 0 Å². The summed E-state index contributed by atoms with van der Waals surface area (Å²) in [6.07, 6.45) is 0.0861. The van der Waals surface area contributed by atoms with Crippen molar-refractivity contribution in [2.45, 2.75) is 18.6 Å². The summed E-state index contributed by atoms with van der Waals surface area (Å²) in [4.78, 5) is 16.5. The van der Waals surface area contributed by atoms with E-state index in [1.165, 1.54) is 0 Å². The van der Waals surface area contributed by atoms with Crippen molar-refractivity contribution in [3.8, 4) is 0 Å². The van der Waals surface area contributed by atoms with Crippen LogP contribution in [0.2, 0.25) is 5.02 Å². The van der Waals surface area contributed by atoms with Crippen LogP contribution in [0.4, 0.5) is 5.69 Å². The smallest absolute Gasteiger partial charge is 0.256 e. The van der Waals surface area contributed by atoms with Crippen LogP contribution in [-0.4, -0.2) is 60.1 Å². The molecule has 1 aromatic carbocycles. The van der Waals surface area contributed by atoms with Crippen molar-refractivity contribution >= 4 is 23.2 Å². The van der Waals surface area contributed by atoms with E-state index in [4.69, 9.17) is 17.4 Å². The van der Waals surface area contributed by atoms with Crippen LogP contribution in [0, 0.1) is 0 Å². The van der Waals surface area contributed by atoms with Gasteiger partial charge in [0, 0.05) is 24.2 Å². The van der Waals surface area contributed by atoms with Gasteiger partial charge in [0.2, 0.25) is 0 Å². The lowest BCUT2D eigenvalue weighted by molar-refractivity contribution is 0.0700. The monoisotopic (exact) mass is 312 g/mol. The van der Waals surface area contributed by atoms with Crippen LogP contribution >= 0.6 is 11.6 Å². The number of carbonyl (C=O) groups is 1. The number of anilines is 1. The Morgan fingerprint density at radius 2 is 2.29 bits per heavy atom. The lowest BCUT2D eigenvalue weighted by Gasteiger charge is -2.27. The van der Waals surface area contributed by atoms with E-state index >= 15 is 0 Å². The van der Waals surface area contributed by atoms with Crippen molar-refractivity contribution in [1.29, 1.82) is 0 Å². The number of hydrogen-bond acceptors (Lipinski definition) is 5. The molecule has 21 heavy (non-hydrogen) atoms. The minimum Gasteiger partial charge on any atom is -0.391 e. The number of nitrogens with one attached hydrogen (secondary N) is 1. The van der Waals surface area contributed by atoms with Crippen LogP contribution in [0.3, 0.4) is 0 Å². The maximum Gasteiger partial charge on any atom is 0.256 e. The Morgan fingerprint density at radius 3 is 2.90 bits per heavy atom. The van der Waals surface area contributed by atoms with Gasteiger partial charge in [-0.15, -0.1) is 0 Å². The van der Waals surface area contributed by atoms with Crippen LogP contribution in [0.25, 0.3) is 0 Å². The first kappa shape index (κ1) is 16.0. The fourth-order valence-electron chi connectivity index (χ4n) is 2.71. The number of hydrogen-bond donors (Lipinski definition) is 3. The van der Waals surface area contributed by atoms with E-state index in [0.29, 0.717) is 35.8 Å². The summed E-state index contributed by atoms with van der Waals surface area (Å²) in [5, 5.41) is 10.4. The average Bonchev–Trinajstić information content (AvgIpc) is 2.77. The number of halogens is 1. The van der Waals surface area contributed by atoms with E-state index in [2.05, 4.69) is 5.43 Å². The van der Waals surface area contributed by atoms with Gasteiger partial charge < -0.3 is 20.3 Å². The number of likely N-dealkylation sites (tertiary alicyclic amines) is 1. The summed E-state index contributed by atoms with van der Waals surface area (Å²) in [6, 6.07) is 4.91. The Kier molecular flexibility index (Phi) is 5.05. The second kappa shape index (κ2) is 6.62. The predicted octanol–water partition coefficient (Wildman–Crippen LogP) is 0.763. The molecule has 1 saturated heterocycles. The zero-order chi connectivity index (χ0) is 15.6. The Bertz CT molecular complexity index is 524. The largest absolute Gasteiger partial charge is 0.391 e. The van der Waals surface area contributed by atoms with Gasteiger partial charge in [0.25, 0.3) is 5.91 Å². The summed E-state index contributed by atoms with van der Waals surface area (Å²) < 4.78 is 0. The zero-order valence-corrected chi connectivity index (χ0v) is 13.0. The number of nitrogens with two attached hydrogens (primary N) is 1. The molecule has 0 saturated carbocycles. The number of nitrogen functional groups attached to an aromatic ring is 1. The first-order valence-electron chi connectivity index (χ1n) is 6.82. The second-order valence-electron chi connectivity index (χ2n) is 5.60. The molecule has 1 heterocycles. The molecule has 1 fully saturated rings. The molecule has 116 valence electrons. The summed E-state index contributed by atoms with van der Waals surface area (Å²) in [5.74, 6) is 5.29. The SMILES string of the molecule is CN(C)CC1CC(O)CN1C(=O)c1cc(Cl)ccc1NN. The number of carbonyl (C=O) groups excluding carboxylic acids is 1. The molecule has 2 rings (SSSR count). The van der Waals surface area contributed by atoms with Gasteiger partial charge in [-0.25, -0.2) is 0 Å². The molecule has 0 bridgehead atoms. The molecule has 2 atom stereocenters. The number of benzene rings is 1. The maximum absolute atomic E-state index is 12.8. The Morgan fingerprint density at radius 1 is 1.57 bits per heavy atom. The van der Waals surface area contributed by atoms with E-state index in [9.17, 15) is 9.90 Å². The molecular formula is C14H21ClN4O2. The van der Waals surface area contributed by atoms with Crippen molar-refractivity contribution in [3.05, 3.63) is 28.8 Å². The van der Waals surface area contributed by atoms with Gasteiger partial charge in [-0.2, -0.15) is 0 Å². The highest BCUT2D eigenvalue weighted by Gasteiger charge is 2.35. The number of hydrazine groups is 1. The van der Waals surface area contributed by atoms with Gasteiger partial charge in [0.1, 0.15) is 0 Å². The van der Waals surface area contributed by atoms with Crippen molar-refractivity contribution in [3.63, 3.8) is 0 Å². The average molecular weight is 313 g/mol. The molecule has 1 aromatic rings. The molecule has 2 unspecified atom stereocenters. The van der Waals surface area contributed by atoms with Crippen molar-refractivity contribution < 1.29 is 9.90 Å². The second-order valence-corrected chi connectivity index (χ2v) is 6.03. The molecule has 0 spiro atoms. The fraction of sp³-hybridized carbons (Fsp3) is 0.500. The minimum atomic E-state index is -0.493. The summed E-state index contributed by atoms with van der Waals surface area (Å²) >= 11 is 5.98. The van der Waals surface area contributed by atoms with E-state index < -0.39 is 6.10 Å². The van der Waals surface area contributed by atoms with E-state index in [1.807, 2.05) is 19.0 Å². The third-order valence-corrected chi connectivity index (χ3v) is 3.83. The molecule has 1 amide bonds. The molecule has 4 N–H and O–H groups in total. The number of rotatable bonds is 4. The lowest BCUT2D eigenvalue weighted by Crippen LogP contribution is -2.41. The Balaban J connectivity index is 2.27. The number of β-amino-alcohol motifs (C(OH)–C–C–N with tert-alkyl or cyclic N) is 1. The van der Waals surface area contributed by atoms with E-state index in [0.717, 1.165) is 0 Å². The lowest BCUT2D eigenvalue weighted by atomic mass is 10.1. The number of amides is 1. The molecular weight excluding hydrogens is 292 g/mol. The summed E-state index contributed by atoms with van der Waals surface area (Å²) in [5.41, 5.74) is 3.46. The number of likely N-dealkylation sites (N-methyl/N-ethyl adjacent to an activating group) is 1. The van der Waals surface area contributed by atoms with Gasteiger partial charge in [-0.3, -0.25) is 10.6 Å². The van der Waals surface area contributed by atoms with Gasteiger partial charge in [-0.05, 0) is 38.7 Å². The van der Waals surface area contributed by atoms with Crippen LogP contribution in [0.5, 0.6) is 0 Å². The van der Waals surface area contributed by atoms with E-state index in [1.54, 1.807) is 23.1 Å². The van der Waals surface area contributed by atoms with Crippen LogP contribution < -0.4 is 11.3 Å². The third-order valence-electron chi connectivity index (χ3n) is 3.60. The molecule has 7 heteroatoms. The zero-order valence-electron chi connectivity index (χ0n) is 12.2. The predicted molar refractivity (Wildman–Crippen MR) is 83.3 cm³/mol. The quantitative estimate of drug-likeness (QED) is 0.565. The molecule has 6 nitrogen and oxygen atoms in total. The summed E-state index contributed by atoms with van der Waals surface area (Å²) in [6.45, 7) is 1.03. The highest BCUT2D eigenvalue weighted by molar-refractivity contribution is 6.31. The third kappa shape index (κ3) is 3.65. The highest BCUT2D eigenvalue weighted by atomic mass is 35.5. The van der Waals surface area contributed by atoms with Crippen LogP contribution in [0.1, 0.15) is 16.8 Å². The van der Waals surface area contributed by atoms with Crippen molar-refractivity contribution in [1.82, 2.24) is 9.80 Å². The topological polar surface area (TPSA) is 81.8 Å². The number of nitrogens with zero attached hydrogens (tertiary/aromatic N) is 2. The Labute approximate surface area is 129 Å². The van der Waals surface area contributed by atoms with E-state index in [-0.39, 0.29) is 11.9 Å². The number of aliphatic hydroxyl groups is 1. The first-order valence-corrected chi connectivity index (χ1v) is 7.20. The standard InChI is InChI=1S/C14H21ClN4O2/c1-18(2)7-10-6-11(20)8-19(10)14(21)12-5-9(15)3-4-13(12)17-16/h3-5,10-11,17,20H,6-8,16H2,1-2H3. The maximum atomic E-state index is 12.8. The first-order chi connectivity index (χ1) is 9.92. The Hall–Kier alpha value is -1.34. The normalized spacial score (nSPS) is 21.9. The molecule has 0 radical (unpaired) electrons. The molecule has 1 aliphatic rings. The summed E-state index contributed by atoms with van der Waals surface area (Å²) in [7, 11) is 3.89. The van der Waals surface area contributed by atoms with Crippen LogP contribution in [0.15, 0.2) is 18.2 Å². The fourth-order valence-corrected chi connectivity index (χ4v) is 2.88. The van der Waals surface area contributed by atoms with Crippen LogP contribution in [-0.2, 0) is 0 Å². The molecule has 0 aromatic heterocycles.